The van der Waals surface area contributed by atoms with Crippen molar-refractivity contribution in [3.63, 3.8) is 0 Å². The van der Waals surface area contributed by atoms with Crippen molar-refractivity contribution in [1.29, 1.82) is 0 Å². The molecule has 0 aromatic heterocycles. The minimum atomic E-state index is -1.38. The minimum Gasteiger partial charge on any atom is -0.334 e. The van der Waals surface area contributed by atoms with Gasteiger partial charge in [0.2, 0.25) is 5.91 Å². The molecular weight excluding hydrogens is 335 g/mol. The highest BCUT2D eigenvalue weighted by Gasteiger charge is 2.50. The van der Waals surface area contributed by atoms with Crippen molar-refractivity contribution >= 4 is 40.7 Å². The zero-order valence-electron chi connectivity index (χ0n) is 12.3. The molecule has 118 valence electrons. The summed E-state index contributed by atoms with van der Waals surface area (Å²) in [5.41, 5.74) is 0.327. The molecule has 1 atom stereocenters. The summed E-state index contributed by atoms with van der Waals surface area (Å²) >= 11 is 12.4. The van der Waals surface area contributed by atoms with Crippen LogP contribution < -0.4 is 10.6 Å². The molecule has 0 fully saturated rings. The molecule has 0 saturated carbocycles. The Morgan fingerprint density at radius 3 is 2.61 bits per heavy atom. The Kier molecular flexibility index (Phi) is 4.04. The SMILES string of the molecule is CCC(=O)NC1(c2ccccc2Cl)C(=O)Nc2ccc(Cl)cc21. The van der Waals surface area contributed by atoms with Crippen molar-refractivity contribution in [2.24, 2.45) is 0 Å². The molecule has 1 aliphatic rings. The molecule has 2 aromatic rings. The smallest absolute Gasteiger partial charge is 0.259 e. The van der Waals surface area contributed by atoms with E-state index in [1.807, 2.05) is 0 Å². The van der Waals surface area contributed by atoms with Crippen LogP contribution >= 0.6 is 23.2 Å². The summed E-state index contributed by atoms with van der Waals surface area (Å²) in [6, 6.07) is 12.0. The molecule has 23 heavy (non-hydrogen) atoms. The fraction of sp³-hybridized carbons (Fsp3) is 0.176. The van der Waals surface area contributed by atoms with Crippen molar-refractivity contribution in [1.82, 2.24) is 5.32 Å². The Bertz CT molecular complexity index is 807. The number of amides is 2. The lowest BCUT2D eigenvalue weighted by atomic mass is 9.83. The van der Waals surface area contributed by atoms with Crippen LogP contribution in [0.4, 0.5) is 5.69 Å². The van der Waals surface area contributed by atoms with Gasteiger partial charge in [-0.2, -0.15) is 0 Å². The Labute approximate surface area is 143 Å². The first-order chi connectivity index (χ1) is 11.0. The van der Waals surface area contributed by atoms with Crippen LogP contribution in [0.15, 0.2) is 42.5 Å². The molecule has 0 aliphatic carbocycles. The highest BCUT2D eigenvalue weighted by atomic mass is 35.5. The van der Waals surface area contributed by atoms with Crippen molar-refractivity contribution in [2.45, 2.75) is 18.9 Å². The van der Waals surface area contributed by atoms with Gasteiger partial charge < -0.3 is 10.6 Å². The molecule has 0 radical (unpaired) electrons. The number of benzene rings is 2. The fourth-order valence-corrected chi connectivity index (χ4v) is 3.25. The minimum absolute atomic E-state index is 0.245. The number of anilines is 1. The summed E-state index contributed by atoms with van der Waals surface area (Å²) in [4.78, 5) is 25.0. The van der Waals surface area contributed by atoms with Gasteiger partial charge in [-0.3, -0.25) is 9.59 Å². The van der Waals surface area contributed by atoms with Gasteiger partial charge in [-0.1, -0.05) is 48.3 Å². The third-order valence-electron chi connectivity index (χ3n) is 3.90. The molecule has 0 bridgehead atoms. The summed E-state index contributed by atoms with van der Waals surface area (Å²) in [6.07, 6.45) is 0.245. The Morgan fingerprint density at radius 1 is 1.17 bits per heavy atom. The molecule has 6 heteroatoms. The van der Waals surface area contributed by atoms with E-state index in [4.69, 9.17) is 23.2 Å². The van der Waals surface area contributed by atoms with Gasteiger partial charge in [-0.05, 0) is 24.3 Å². The topological polar surface area (TPSA) is 58.2 Å². The third kappa shape index (κ3) is 2.48. The quantitative estimate of drug-likeness (QED) is 0.887. The highest BCUT2D eigenvalue weighted by Crippen LogP contribution is 2.44. The van der Waals surface area contributed by atoms with Crippen LogP contribution in [0, 0.1) is 0 Å². The number of hydrogen-bond donors (Lipinski definition) is 2. The molecule has 4 nitrogen and oxygen atoms in total. The number of carbonyl (C=O) groups is 2. The van der Waals surface area contributed by atoms with Crippen LogP contribution in [0.5, 0.6) is 0 Å². The molecule has 3 rings (SSSR count). The molecule has 2 aromatic carbocycles. The third-order valence-corrected chi connectivity index (χ3v) is 4.46. The van der Waals surface area contributed by atoms with Crippen LogP contribution in [-0.2, 0) is 15.1 Å². The first kappa shape index (κ1) is 15.8. The molecule has 0 saturated heterocycles. The second-order valence-electron chi connectivity index (χ2n) is 5.28. The van der Waals surface area contributed by atoms with Crippen molar-refractivity contribution in [3.05, 3.63) is 63.6 Å². The maximum absolute atomic E-state index is 12.8. The van der Waals surface area contributed by atoms with Crippen LogP contribution in [0.25, 0.3) is 0 Å². The lowest BCUT2D eigenvalue weighted by Crippen LogP contribution is -2.51. The molecule has 0 spiro atoms. The van der Waals surface area contributed by atoms with Crippen molar-refractivity contribution in [2.75, 3.05) is 5.32 Å². The van der Waals surface area contributed by atoms with E-state index in [0.29, 0.717) is 26.9 Å². The number of rotatable bonds is 3. The van der Waals surface area contributed by atoms with Gasteiger partial charge in [-0.15, -0.1) is 0 Å². The molecule has 1 unspecified atom stereocenters. The van der Waals surface area contributed by atoms with Crippen LogP contribution in [0.1, 0.15) is 24.5 Å². The number of halogens is 2. The van der Waals surface area contributed by atoms with E-state index in [0.717, 1.165) is 0 Å². The molecule has 2 amide bonds. The Hall–Kier alpha value is -2.04. The lowest BCUT2D eigenvalue weighted by Gasteiger charge is -2.30. The lowest BCUT2D eigenvalue weighted by molar-refractivity contribution is -0.128. The summed E-state index contributed by atoms with van der Waals surface area (Å²) < 4.78 is 0. The average Bonchev–Trinajstić information content (AvgIpc) is 2.80. The van der Waals surface area contributed by atoms with E-state index in [1.54, 1.807) is 49.4 Å². The summed E-state index contributed by atoms with van der Waals surface area (Å²) in [5, 5.41) is 6.51. The molecule has 2 N–H and O–H groups in total. The number of nitrogens with one attached hydrogen (secondary N) is 2. The Morgan fingerprint density at radius 2 is 1.91 bits per heavy atom. The normalized spacial score (nSPS) is 19.2. The molecular formula is C17H14Cl2N2O2. The van der Waals surface area contributed by atoms with Gasteiger partial charge in [0, 0.05) is 33.3 Å². The van der Waals surface area contributed by atoms with Gasteiger partial charge in [0.1, 0.15) is 0 Å². The maximum atomic E-state index is 12.8. The maximum Gasteiger partial charge on any atom is 0.259 e. The van der Waals surface area contributed by atoms with E-state index >= 15 is 0 Å². The average molecular weight is 349 g/mol. The predicted octanol–water partition coefficient (Wildman–Crippen LogP) is 3.72. The van der Waals surface area contributed by atoms with Crippen LogP contribution in [-0.4, -0.2) is 11.8 Å². The largest absolute Gasteiger partial charge is 0.334 e. The first-order valence-electron chi connectivity index (χ1n) is 7.16. The zero-order valence-corrected chi connectivity index (χ0v) is 13.8. The second kappa shape index (κ2) is 5.87. The van der Waals surface area contributed by atoms with Crippen molar-refractivity contribution < 1.29 is 9.59 Å². The summed E-state index contributed by atoms with van der Waals surface area (Å²) in [5.74, 6) is -0.613. The molecule has 1 heterocycles. The van der Waals surface area contributed by atoms with E-state index in [1.165, 1.54) is 0 Å². The van der Waals surface area contributed by atoms with Crippen molar-refractivity contribution in [3.8, 4) is 0 Å². The van der Waals surface area contributed by atoms with Gasteiger partial charge in [-0.25, -0.2) is 0 Å². The van der Waals surface area contributed by atoms with Crippen LogP contribution in [0.2, 0.25) is 10.0 Å². The number of fused-ring (bicyclic) bond motifs is 1. The van der Waals surface area contributed by atoms with Gasteiger partial charge in [0.05, 0.1) is 0 Å². The highest BCUT2D eigenvalue weighted by molar-refractivity contribution is 6.32. The van der Waals surface area contributed by atoms with Crippen LogP contribution in [0.3, 0.4) is 0 Å². The Balaban J connectivity index is 2.30. The first-order valence-corrected chi connectivity index (χ1v) is 7.92. The standard InChI is InChI=1S/C17H14Cl2N2O2/c1-2-15(22)21-17(11-5-3-4-6-13(11)19)12-9-10(18)7-8-14(12)20-16(17)23/h3-9H,2H2,1H3,(H,20,23)(H,21,22). The van der Waals surface area contributed by atoms with E-state index in [-0.39, 0.29) is 18.2 Å². The fourth-order valence-electron chi connectivity index (χ4n) is 2.80. The van der Waals surface area contributed by atoms with Gasteiger partial charge >= 0.3 is 0 Å². The number of carbonyl (C=O) groups excluding carboxylic acids is 2. The summed E-state index contributed by atoms with van der Waals surface area (Å²) in [7, 11) is 0. The zero-order chi connectivity index (χ0) is 16.6. The number of hydrogen-bond acceptors (Lipinski definition) is 2. The van der Waals surface area contributed by atoms with Gasteiger partial charge in [0.15, 0.2) is 5.54 Å². The van der Waals surface area contributed by atoms with Gasteiger partial charge in [0.25, 0.3) is 5.91 Å². The van der Waals surface area contributed by atoms with E-state index < -0.39 is 5.54 Å². The predicted molar refractivity (Wildman–Crippen MR) is 90.7 cm³/mol. The monoisotopic (exact) mass is 348 g/mol. The molecule has 1 aliphatic heterocycles. The van der Waals surface area contributed by atoms with E-state index in [2.05, 4.69) is 10.6 Å². The van der Waals surface area contributed by atoms with E-state index in [9.17, 15) is 9.59 Å². The summed E-state index contributed by atoms with van der Waals surface area (Å²) in [6.45, 7) is 1.72. The second-order valence-corrected chi connectivity index (χ2v) is 6.12.